The maximum absolute atomic E-state index is 12.8. The van der Waals surface area contributed by atoms with Crippen molar-refractivity contribution in [2.45, 2.75) is 6.18 Å². The fraction of sp³-hybridized carbons (Fsp3) is 0.111. The number of alkyl halides is 3. The largest absolute Gasteiger partial charge is 0.493 e. The lowest BCUT2D eigenvalue weighted by Gasteiger charge is -2.09. The van der Waals surface area contributed by atoms with E-state index >= 15 is 0 Å². The van der Waals surface area contributed by atoms with Crippen molar-refractivity contribution in [1.82, 2.24) is 0 Å². The zero-order chi connectivity index (χ0) is 19.3. The van der Waals surface area contributed by atoms with Gasteiger partial charge in [0.2, 0.25) is 0 Å². The molecule has 0 saturated carbocycles. The second-order valence-electron chi connectivity index (χ2n) is 4.97. The van der Waals surface area contributed by atoms with Crippen molar-refractivity contribution in [3.63, 3.8) is 0 Å². The first-order chi connectivity index (χ1) is 12.2. The Morgan fingerprint density at radius 3 is 2.54 bits per heavy atom. The van der Waals surface area contributed by atoms with Gasteiger partial charge in [-0.25, -0.2) is 4.79 Å². The van der Waals surface area contributed by atoms with Crippen molar-refractivity contribution >= 4 is 23.6 Å². The van der Waals surface area contributed by atoms with Gasteiger partial charge in [-0.05, 0) is 35.9 Å². The molecule has 8 heteroatoms. The SMILES string of the molecule is COc1cc(C#N)ccc1OC(=O)/C=C/c1ccc(Cl)c(C(F)(F)F)c1. The van der Waals surface area contributed by atoms with Crippen molar-refractivity contribution in [1.29, 1.82) is 5.26 Å². The normalized spacial score (nSPS) is 11.2. The van der Waals surface area contributed by atoms with Gasteiger partial charge in [-0.2, -0.15) is 18.4 Å². The minimum atomic E-state index is -4.60. The Kier molecular flexibility index (Phi) is 5.90. The van der Waals surface area contributed by atoms with E-state index in [1.807, 2.05) is 6.07 Å². The van der Waals surface area contributed by atoms with Crippen LogP contribution in [0.4, 0.5) is 13.2 Å². The van der Waals surface area contributed by atoms with Crippen LogP contribution >= 0.6 is 11.6 Å². The molecule has 0 spiro atoms. The van der Waals surface area contributed by atoms with Crippen molar-refractivity contribution in [2.75, 3.05) is 7.11 Å². The average molecular weight is 382 g/mol. The highest BCUT2D eigenvalue weighted by Gasteiger charge is 2.33. The quantitative estimate of drug-likeness (QED) is 0.431. The maximum Gasteiger partial charge on any atom is 0.417 e. The van der Waals surface area contributed by atoms with Gasteiger partial charge in [-0.3, -0.25) is 0 Å². The molecule has 0 amide bonds. The molecule has 26 heavy (non-hydrogen) atoms. The Labute approximate surface area is 152 Å². The van der Waals surface area contributed by atoms with Crippen LogP contribution in [-0.2, 0) is 11.0 Å². The molecule has 0 saturated heterocycles. The summed E-state index contributed by atoms with van der Waals surface area (Å²) >= 11 is 5.54. The second kappa shape index (κ2) is 7.93. The van der Waals surface area contributed by atoms with Gasteiger partial charge >= 0.3 is 12.1 Å². The predicted molar refractivity (Wildman–Crippen MR) is 88.8 cm³/mol. The molecule has 2 rings (SSSR count). The van der Waals surface area contributed by atoms with E-state index in [-0.39, 0.29) is 17.1 Å². The predicted octanol–water partition coefficient (Wildman–Crippen LogP) is 4.86. The van der Waals surface area contributed by atoms with Crippen molar-refractivity contribution in [3.8, 4) is 17.6 Å². The third-order valence-corrected chi connectivity index (χ3v) is 3.54. The summed E-state index contributed by atoms with van der Waals surface area (Å²) in [6.45, 7) is 0. The van der Waals surface area contributed by atoms with Crippen LogP contribution in [-0.4, -0.2) is 13.1 Å². The summed E-state index contributed by atoms with van der Waals surface area (Å²) in [5.74, 6) is -0.568. The summed E-state index contributed by atoms with van der Waals surface area (Å²) in [5.41, 5.74) is -0.549. The number of carbonyl (C=O) groups excluding carboxylic acids is 1. The maximum atomic E-state index is 12.8. The number of methoxy groups -OCH3 is 1. The summed E-state index contributed by atoms with van der Waals surface area (Å²) in [6, 6.07) is 9.38. The van der Waals surface area contributed by atoms with Gasteiger partial charge in [-0.1, -0.05) is 17.7 Å². The van der Waals surface area contributed by atoms with Crippen LogP contribution < -0.4 is 9.47 Å². The summed E-state index contributed by atoms with van der Waals surface area (Å²) in [7, 11) is 1.34. The third kappa shape index (κ3) is 4.77. The number of benzene rings is 2. The van der Waals surface area contributed by atoms with Crippen LogP contribution in [0.3, 0.4) is 0 Å². The molecule has 0 N–H and O–H groups in total. The Bertz CT molecular complexity index is 902. The highest BCUT2D eigenvalue weighted by Crippen LogP contribution is 2.35. The van der Waals surface area contributed by atoms with E-state index in [0.29, 0.717) is 5.56 Å². The van der Waals surface area contributed by atoms with Crippen LogP contribution in [0.15, 0.2) is 42.5 Å². The number of ether oxygens (including phenoxy) is 2. The number of rotatable bonds is 4. The number of nitrogens with zero attached hydrogens (tertiary/aromatic N) is 1. The van der Waals surface area contributed by atoms with E-state index in [4.69, 9.17) is 26.3 Å². The zero-order valence-corrected chi connectivity index (χ0v) is 14.1. The van der Waals surface area contributed by atoms with Crippen molar-refractivity contribution in [3.05, 3.63) is 64.2 Å². The van der Waals surface area contributed by atoms with Gasteiger partial charge in [0.05, 0.1) is 29.3 Å². The first-order valence-electron chi connectivity index (χ1n) is 7.09. The summed E-state index contributed by atoms with van der Waals surface area (Å²) in [5, 5.41) is 8.39. The van der Waals surface area contributed by atoms with Crippen LogP contribution in [0, 0.1) is 11.3 Å². The number of carbonyl (C=O) groups is 1. The number of hydrogen-bond donors (Lipinski definition) is 0. The fourth-order valence-electron chi connectivity index (χ4n) is 1.99. The molecule has 0 atom stereocenters. The lowest BCUT2D eigenvalue weighted by Crippen LogP contribution is -2.06. The lowest BCUT2D eigenvalue weighted by molar-refractivity contribution is -0.137. The third-order valence-electron chi connectivity index (χ3n) is 3.21. The highest BCUT2D eigenvalue weighted by molar-refractivity contribution is 6.31. The number of nitriles is 1. The van der Waals surface area contributed by atoms with Crippen molar-refractivity contribution < 1.29 is 27.4 Å². The fourth-order valence-corrected chi connectivity index (χ4v) is 2.22. The molecule has 0 radical (unpaired) electrons. The van der Waals surface area contributed by atoms with Gasteiger partial charge in [0, 0.05) is 12.1 Å². The molecule has 0 aliphatic rings. The van der Waals surface area contributed by atoms with E-state index in [0.717, 1.165) is 18.2 Å². The van der Waals surface area contributed by atoms with E-state index in [1.165, 1.54) is 37.5 Å². The first-order valence-corrected chi connectivity index (χ1v) is 7.47. The second-order valence-corrected chi connectivity index (χ2v) is 5.38. The van der Waals surface area contributed by atoms with Gasteiger partial charge < -0.3 is 9.47 Å². The molecule has 0 bridgehead atoms. The minimum Gasteiger partial charge on any atom is -0.493 e. The van der Waals surface area contributed by atoms with E-state index in [2.05, 4.69) is 0 Å². The van der Waals surface area contributed by atoms with Gasteiger partial charge in [0.25, 0.3) is 0 Å². The molecule has 2 aromatic carbocycles. The minimum absolute atomic E-state index is 0.0771. The average Bonchev–Trinajstić information content (AvgIpc) is 2.60. The number of esters is 1. The zero-order valence-electron chi connectivity index (χ0n) is 13.3. The van der Waals surface area contributed by atoms with Crippen LogP contribution in [0.2, 0.25) is 5.02 Å². The summed E-state index contributed by atoms with van der Waals surface area (Å²) in [6.07, 6.45) is -2.46. The Balaban J connectivity index is 2.17. The number of hydrogen-bond acceptors (Lipinski definition) is 4. The van der Waals surface area contributed by atoms with Crippen LogP contribution in [0.1, 0.15) is 16.7 Å². The Morgan fingerprint density at radius 2 is 1.92 bits per heavy atom. The molecule has 134 valence electrons. The Morgan fingerprint density at radius 1 is 1.19 bits per heavy atom. The molecule has 0 heterocycles. The molecule has 4 nitrogen and oxygen atoms in total. The Hall–Kier alpha value is -2.98. The standard InChI is InChI=1S/C18H11ClF3NO3/c1-25-16-9-12(10-23)3-6-15(16)26-17(24)7-4-11-2-5-14(19)13(8-11)18(20,21)22/h2-9H,1H3/b7-4+. The summed E-state index contributed by atoms with van der Waals surface area (Å²) < 4.78 is 48.6. The topological polar surface area (TPSA) is 59.3 Å². The van der Waals surface area contributed by atoms with E-state index in [1.54, 1.807) is 0 Å². The van der Waals surface area contributed by atoms with E-state index in [9.17, 15) is 18.0 Å². The van der Waals surface area contributed by atoms with Gasteiger partial charge in [-0.15, -0.1) is 0 Å². The molecule has 0 aliphatic heterocycles. The monoisotopic (exact) mass is 381 g/mol. The first kappa shape index (κ1) is 19.3. The molecule has 2 aromatic rings. The summed E-state index contributed by atoms with van der Waals surface area (Å²) in [4.78, 5) is 11.9. The van der Waals surface area contributed by atoms with Gasteiger partial charge in [0.15, 0.2) is 11.5 Å². The lowest BCUT2D eigenvalue weighted by atomic mass is 10.1. The highest BCUT2D eigenvalue weighted by atomic mass is 35.5. The molecule has 0 unspecified atom stereocenters. The smallest absolute Gasteiger partial charge is 0.417 e. The van der Waals surface area contributed by atoms with Crippen LogP contribution in [0.25, 0.3) is 6.08 Å². The van der Waals surface area contributed by atoms with E-state index < -0.39 is 22.7 Å². The van der Waals surface area contributed by atoms with Gasteiger partial charge in [0.1, 0.15) is 0 Å². The molecule has 0 aliphatic carbocycles. The molecular weight excluding hydrogens is 371 g/mol. The van der Waals surface area contributed by atoms with Crippen molar-refractivity contribution in [2.24, 2.45) is 0 Å². The van der Waals surface area contributed by atoms with Crippen LogP contribution in [0.5, 0.6) is 11.5 Å². The molecule has 0 aromatic heterocycles. The molecule has 0 fully saturated rings. The number of halogens is 4. The molecular formula is C18H11ClF3NO3.